The molecular formula is C16H15N3O. The van der Waals surface area contributed by atoms with Crippen LogP contribution in [0, 0.1) is 0 Å². The average molecular weight is 265 g/mol. The van der Waals surface area contributed by atoms with E-state index in [1.165, 1.54) is 0 Å². The first kappa shape index (κ1) is 12.4. The van der Waals surface area contributed by atoms with Crippen LogP contribution in [-0.4, -0.2) is 4.98 Å². The molecule has 0 unspecified atom stereocenters. The lowest BCUT2D eigenvalue weighted by Gasteiger charge is -2.08. The standard InChI is InChI=1S/C16H15N3O/c17-19-16-9-6-13-10-14(7-8-15(13)18-16)20-11-12-4-2-1-3-5-12/h1-10H,11,17H2,(H,18,19). The summed E-state index contributed by atoms with van der Waals surface area (Å²) in [6, 6.07) is 19.7. The molecule has 0 aliphatic heterocycles. The summed E-state index contributed by atoms with van der Waals surface area (Å²) in [5, 5.41) is 1.02. The lowest BCUT2D eigenvalue weighted by Crippen LogP contribution is -2.08. The third-order valence-electron chi connectivity index (χ3n) is 3.06. The number of pyridine rings is 1. The zero-order valence-corrected chi connectivity index (χ0v) is 10.9. The van der Waals surface area contributed by atoms with Gasteiger partial charge in [-0.1, -0.05) is 30.3 Å². The lowest BCUT2D eigenvalue weighted by atomic mass is 10.2. The number of nitrogen functional groups attached to an aromatic ring is 1. The van der Waals surface area contributed by atoms with Gasteiger partial charge in [-0.15, -0.1) is 0 Å². The molecule has 0 atom stereocenters. The second kappa shape index (κ2) is 5.59. The van der Waals surface area contributed by atoms with Crippen molar-refractivity contribution in [1.82, 2.24) is 4.98 Å². The number of nitrogens with zero attached hydrogens (tertiary/aromatic N) is 1. The minimum atomic E-state index is 0.558. The van der Waals surface area contributed by atoms with E-state index in [9.17, 15) is 0 Å². The molecule has 0 fully saturated rings. The van der Waals surface area contributed by atoms with Gasteiger partial charge in [0.1, 0.15) is 18.2 Å². The van der Waals surface area contributed by atoms with E-state index in [-0.39, 0.29) is 0 Å². The number of hydrogen-bond donors (Lipinski definition) is 2. The van der Waals surface area contributed by atoms with E-state index in [0.29, 0.717) is 12.4 Å². The van der Waals surface area contributed by atoms with Crippen molar-refractivity contribution < 1.29 is 4.74 Å². The third kappa shape index (κ3) is 2.70. The topological polar surface area (TPSA) is 60.2 Å². The van der Waals surface area contributed by atoms with E-state index < -0.39 is 0 Å². The van der Waals surface area contributed by atoms with E-state index in [4.69, 9.17) is 10.6 Å². The molecule has 0 saturated carbocycles. The van der Waals surface area contributed by atoms with Crippen LogP contribution in [0.5, 0.6) is 5.75 Å². The molecule has 0 saturated heterocycles. The number of anilines is 1. The quantitative estimate of drug-likeness (QED) is 0.562. The highest BCUT2D eigenvalue weighted by molar-refractivity contribution is 5.81. The lowest BCUT2D eigenvalue weighted by molar-refractivity contribution is 0.306. The summed E-state index contributed by atoms with van der Waals surface area (Å²) < 4.78 is 5.79. The normalized spacial score (nSPS) is 10.4. The molecule has 1 aromatic heterocycles. The number of nitrogens with one attached hydrogen (secondary N) is 1. The number of aromatic nitrogens is 1. The molecule has 100 valence electrons. The van der Waals surface area contributed by atoms with Gasteiger partial charge in [-0.25, -0.2) is 10.8 Å². The fraction of sp³-hybridized carbons (Fsp3) is 0.0625. The molecule has 0 amide bonds. The minimum absolute atomic E-state index is 0.558. The Labute approximate surface area is 117 Å². The molecule has 0 aliphatic carbocycles. The molecule has 0 radical (unpaired) electrons. The summed E-state index contributed by atoms with van der Waals surface area (Å²) in [5.74, 6) is 6.82. The van der Waals surface area contributed by atoms with Gasteiger partial charge < -0.3 is 10.2 Å². The minimum Gasteiger partial charge on any atom is -0.489 e. The van der Waals surface area contributed by atoms with Gasteiger partial charge in [-0.2, -0.15) is 0 Å². The first-order valence-corrected chi connectivity index (χ1v) is 6.39. The average Bonchev–Trinajstić information content (AvgIpc) is 2.53. The zero-order chi connectivity index (χ0) is 13.8. The second-order valence-electron chi connectivity index (χ2n) is 4.47. The van der Waals surface area contributed by atoms with Crippen molar-refractivity contribution in [3.63, 3.8) is 0 Å². The van der Waals surface area contributed by atoms with Gasteiger partial charge in [0, 0.05) is 5.39 Å². The predicted octanol–water partition coefficient (Wildman–Crippen LogP) is 3.10. The van der Waals surface area contributed by atoms with Gasteiger partial charge in [0.2, 0.25) is 0 Å². The SMILES string of the molecule is NNc1ccc2cc(OCc3ccccc3)ccc2n1. The van der Waals surface area contributed by atoms with Crippen LogP contribution < -0.4 is 16.0 Å². The summed E-state index contributed by atoms with van der Waals surface area (Å²) >= 11 is 0. The number of benzene rings is 2. The van der Waals surface area contributed by atoms with Crippen molar-refractivity contribution >= 4 is 16.7 Å². The van der Waals surface area contributed by atoms with Crippen LogP contribution in [0.15, 0.2) is 60.7 Å². The summed E-state index contributed by atoms with van der Waals surface area (Å²) in [6.45, 7) is 0.558. The van der Waals surface area contributed by atoms with Crippen LogP contribution in [0.2, 0.25) is 0 Å². The smallest absolute Gasteiger partial charge is 0.140 e. The Hall–Kier alpha value is -2.59. The number of fused-ring (bicyclic) bond motifs is 1. The van der Waals surface area contributed by atoms with Gasteiger partial charge in [-0.05, 0) is 35.9 Å². The van der Waals surface area contributed by atoms with E-state index in [1.54, 1.807) is 0 Å². The van der Waals surface area contributed by atoms with Crippen molar-refractivity contribution in [2.75, 3.05) is 5.43 Å². The molecule has 0 aliphatic rings. The Morgan fingerprint density at radius 3 is 2.65 bits per heavy atom. The van der Waals surface area contributed by atoms with E-state index in [0.717, 1.165) is 22.2 Å². The second-order valence-corrected chi connectivity index (χ2v) is 4.47. The van der Waals surface area contributed by atoms with Crippen molar-refractivity contribution in [3.05, 3.63) is 66.2 Å². The molecule has 3 N–H and O–H groups in total. The first-order valence-electron chi connectivity index (χ1n) is 6.39. The highest BCUT2D eigenvalue weighted by atomic mass is 16.5. The van der Waals surface area contributed by atoms with Gasteiger partial charge in [-0.3, -0.25) is 0 Å². The van der Waals surface area contributed by atoms with Crippen LogP contribution in [0.1, 0.15) is 5.56 Å². The van der Waals surface area contributed by atoms with Gasteiger partial charge in [0.15, 0.2) is 0 Å². The molecule has 3 rings (SSSR count). The molecule has 0 spiro atoms. The van der Waals surface area contributed by atoms with Crippen LogP contribution in [-0.2, 0) is 6.61 Å². The molecule has 4 heteroatoms. The number of nitrogens with two attached hydrogens (primary N) is 1. The number of ether oxygens (including phenoxy) is 1. The molecule has 4 nitrogen and oxygen atoms in total. The van der Waals surface area contributed by atoms with Crippen molar-refractivity contribution in [3.8, 4) is 5.75 Å². The van der Waals surface area contributed by atoms with E-state index in [1.807, 2.05) is 60.7 Å². The van der Waals surface area contributed by atoms with E-state index in [2.05, 4.69) is 10.4 Å². The molecule has 0 bridgehead atoms. The summed E-state index contributed by atoms with van der Waals surface area (Å²) in [5.41, 5.74) is 4.57. The Balaban J connectivity index is 1.79. The van der Waals surface area contributed by atoms with Crippen molar-refractivity contribution in [1.29, 1.82) is 0 Å². The fourth-order valence-electron chi connectivity index (χ4n) is 2.01. The molecule has 1 heterocycles. The van der Waals surface area contributed by atoms with Crippen LogP contribution in [0.3, 0.4) is 0 Å². The third-order valence-corrected chi connectivity index (χ3v) is 3.06. The Bertz CT molecular complexity index is 713. The molecule has 3 aromatic rings. The predicted molar refractivity (Wildman–Crippen MR) is 80.3 cm³/mol. The first-order chi connectivity index (χ1) is 9.85. The van der Waals surface area contributed by atoms with Gasteiger partial charge in [0.25, 0.3) is 0 Å². The van der Waals surface area contributed by atoms with Crippen LogP contribution >= 0.6 is 0 Å². The number of hydrogen-bond acceptors (Lipinski definition) is 4. The summed E-state index contributed by atoms with van der Waals surface area (Å²) in [7, 11) is 0. The Kier molecular flexibility index (Phi) is 3.48. The number of rotatable bonds is 4. The largest absolute Gasteiger partial charge is 0.489 e. The maximum Gasteiger partial charge on any atom is 0.140 e. The maximum atomic E-state index is 5.79. The van der Waals surface area contributed by atoms with Crippen molar-refractivity contribution in [2.45, 2.75) is 6.61 Å². The fourth-order valence-corrected chi connectivity index (χ4v) is 2.01. The van der Waals surface area contributed by atoms with Crippen molar-refractivity contribution in [2.24, 2.45) is 5.84 Å². The Morgan fingerprint density at radius 1 is 1.00 bits per heavy atom. The highest BCUT2D eigenvalue weighted by Crippen LogP contribution is 2.21. The highest BCUT2D eigenvalue weighted by Gasteiger charge is 2.00. The van der Waals surface area contributed by atoms with Gasteiger partial charge >= 0.3 is 0 Å². The Morgan fingerprint density at radius 2 is 1.85 bits per heavy atom. The monoisotopic (exact) mass is 265 g/mol. The molecule has 2 aromatic carbocycles. The van der Waals surface area contributed by atoms with Crippen LogP contribution in [0.4, 0.5) is 5.82 Å². The maximum absolute atomic E-state index is 5.79. The number of hydrazine groups is 1. The zero-order valence-electron chi connectivity index (χ0n) is 10.9. The summed E-state index contributed by atoms with van der Waals surface area (Å²) in [4.78, 5) is 4.36. The summed E-state index contributed by atoms with van der Waals surface area (Å²) in [6.07, 6.45) is 0. The van der Waals surface area contributed by atoms with Crippen LogP contribution in [0.25, 0.3) is 10.9 Å². The van der Waals surface area contributed by atoms with E-state index >= 15 is 0 Å². The molecular weight excluding hydrogens is 250 g/mol. The molecule has 20 heavy (non-hydrogen) atoms. The van der Waals surface area contributed by atoms with Gasteiger partial charge in [0.05, 0.1) is 5.52 Å².